The molecule has 1 saturated carbocycles. The molecular formula is C19H27N3O. The zero-order valence-corrected chi connectivity index (χ0v) is 14.1. The van der Waals surface area contributed by atoms with Crippen LogP contribution >= 0.6 is 0 Å². The topological polar surface area (TPSA) is 51.8 Å². The molecule has 2 aromatic rings. The number of rotatable bonds is 7. The Balaban J connectivity index is 1.49. The molecule has 0 amide bonds. The lowest BCUT2D eigenvalue weighted by atomic mass is 9.79. The highest BCUT2D eigenvalue weighted by Crippen LogP contribution is 2.37. The molecular weight excluding hydrogens is 286 g/mol. The first kappa shape index (κ1) is 16.2. The van der Waals surface area contributed by atoms with Crippen LogP contribution in [-0.4, -0.2) is 15.1 Å². The summed E-state index contributed by atoms with van der Waals surface area (Å²) in [5, 5.41) is 4.16. The molecule has 0 bridgehead atoms. The van der Waals surface area contributed by atoms with Gasteiger partial charge >= 0.3 is 0 Å². The van der Waals surface area contributed by atoms with Gasteiger partial charge in [0.05, 0.1) is 0 Å². The van der Waals surface area contributed by atoms with E-state index in [9.17, 15) is 0 Å². The molecule has 4 nitrogen and oxygen atoms in total. The summed E-state index contributed by atoms with van der Waals surface area (Å²) in [5.74, 6) is 3.02. The zero-order chi connectivity index (χ0) is 15.9. The number of pyridine rings is 1. The minimum Gasteiger partial charge on any atom is -0.339 e. The van der Waals surface area contributed by atoms with Gasteiger partial charge in [-0.1, -0.05) is 37.8 Å². The molecule has 3 rings (SSSR count). The molecule has 1 fully saturated rings. The first-order valence-electron chi connectivity index (χ1n) is 9.06. The van der Waals surface area contributed by atoms with E-state index in [0.717, 1.165) is 24.1 Å². The number of nitrogens with zero attached hydrogens (tertiary/aromatic N) is 3. The third-order valence-electron chi connectivity index (χ3n) is 5.01. The van der Waals surface area contributed by atoms with Gasteiger partial charge in [0.15, 0.2) is 5.82 Å². The molecule has 0 saturated heterocycles. The summed E-state index contributed by atoms with van der Waals surface area (Å²) in [6, 6.07) is 4.00. The second-order valence-electron chi connectivity index (χ2n) is 6.79. The molecule has 23 heavy (non-hydrogen) atoms. The molecule has 1 aliphatic carbocycles. The van der Waals surface area contributed by atoms with Gasteiger partial charge in [-0.25, -0.2) is 0 Å². The van der Waals surface area contributed by atoms with E-state index in [1.54, 1.807) is 12.4 Å². The molecule has 1 aliphatic rings. The standard InChI is InChI=1S/C19H27N3O/c1-2-3-4-5-15-6-8-17(9-7-15)19-21-18(22-23-19)14-16-10-12-20-13-11-16/h10-13,15,17H,2-9,14H2,1H3/t15-,17-. The maximum Gasteiger partial charge on any atom is 0.229 e. The second-order valence-corrected chi connectivity index (χ2v) is 6.79. The lowest BCUT2D eigenvalue weighted by Crippen LogP contribution is -2.13. The quantitative estimate of drug-likeness (QED) is 0.681. The van der Waals surface area contributed by atoms with Crippen molar-refractivity contribution in [3.63, 3.8) is 0 Å². The second kappa shape index (κ2) is 8.23. The van der Waals surface area contributed by atoms with E-state index in [1.807, 2.05) is 12.1 Å². The molecule has 0 atom stereocenters. The van der Waals surface area contributed by atoms with Crippen LogP contribution in [0.3, 0.4) is 0 Å². The minimum atomic E-state index is 0.469. The fourth-order valence-electron chi connectivity index (χ4n) is 3.57. The van der Waals surface area contributed by atoms with Crippen molar-refractivity contribution in [3.8, 4) is 0 Å². The normalized spacial score (nSPS) is 21.4. The lowest BCUT2D eigenvalue weighted by Gasteiger charge is -2.26. The van der Waals surface area contributed by atoms with Gasteiger partial charge in [-0.3, -0.25) is 4.98 Å². The number of hydrogen-bond acceptors (Lipinski definition) is 4. The monoisotopic (exact) mass is 313 g/mol. The van der Waals surface area contributed by atoms with Crippen molar-refractivity contribution >= 4 is 0 Å². The van der Waals surface area contributed by atoms with Crippen LogP contribution in [0.1, 0.15) is 81.5 Å². The highest BCUT2D eigenvalue weighted by Gasteiger charge is 2.26. The fraction of sp³-hybridized carbons (Fsp3) is 0.632. The Morgan fingerprint density at radius 3 is 2.61 bits per heavy atom. The third kappa shape index (κ3) is 4.63. The molecule has 0 spiro atoms. The van der Waals surface area contributed by atoms with Crippen molar-refractivity contribution < 1.29 is 4.52 Å². The summed E-state index contributed by atoms with van der Waals surface area (Å²) in [5.41, 5.74) is 1.17. The number of unbranched alkanes of at least 4 members (excludes halogenated alkanes) is 2. The first-order chi connectivity index (χ1) is 11.3. The van der Waals surface area contributed by atoms with E-state index in [0.29, 0.717) is 5.92 Å². The summed E-state index contributed by atoms with van der Waals surface area (Å²) in [7, 11) is 0. The molecule has 124 valence electrons. The van der Waals surface area contributed by atoms with Gasteiger partial charge in [0.2, 0.25) is 5.89 Å². The van der Waals surface area contributed by atoms with E-state index in [-0.39, 0.29) is 0 Å². The molecule has 2 aromatic heterocycles. The average molecular weight is 313 g/mol. The van der Waals surface area contributed by atoms with Crippen molar-refractivity contribution in [2.45, 2.75) is 70.6 Å². The maximum absolute atomic E-state index is 5.53. The molecule has 0 aliphatic heterocycles. The summed E-state index contributed by atoms with van der Waals surface area (Å²) in [6.45, 7) is 2.27. The predicted octanol–water partition coefficient (Wildman–Crippen LogP) is 4.91. The summed E-state index contributed by atoms with van der Waals surface area (Å²) in [4.78, 5) is 8.67. The Labute approximate surface area is 138 Å². The first-order valence-corrected chi connectivity index (χ1v) is 9.06. The lowest BCUT2D eigenvalue weighted by molar-refractivity contribution is 0.259. The number of hydrogen-bond donors (Lipinski definition) is 0. The van der Waals surface area contributed by atoms with Crippen LogP contribution in [0.5, 0.6) is 0 Å². The van der Waals surface area contributed by atoms with E-state index in [1.165, 1.54) is 56.9 Å². The fourth-order valence-corrected chi connectivity index (χ4v) is 3.57. The van der Waals surface area contributed by atoms with Crippen LogP contribution in [0.15, 0.2) is 29.0 Å². The largest absolute Gasteiger partial charge is 0.339 e. The van der Waals surface area contributed by atoms with Crippen LogP contribution in [0.25, 0.3) is 0 Å². The van der Waals surface area contributed by atoms with Crippen LogP contribution in [-0.2, 0) is 6.42 Å². The van der Waals surface area contributed by atoms with E-state index >= 15 is 0 Å². The Morgan fingerprint density at radius 1 is 1.09 bits per heavy atom. The van der Waals surface area contributed by atoms with Crippen molar-refractivity contribution in [1.29, 1.82) is 0 Å². The number of aromatic nitrogens is 3. The van der Waals surface area contributed by atoms with Gasteiger partial charge in [0.25, 0.3) is 0 Å². The van der Waals surface area contributed by atoms with Crippen molar-refractivity contribution in [3.05, 3.63) is 41.8 Å². The predicted molar refractivity (Wildman–Crippen MR) is 90.2 cm³/mol. The molecule has 0 aromatic carbocycles. The van der Waals surface area contributed by atoms with Crippen LogP contribution in [0, 0.1) is 5.92 Å². The molecule has 0 radical (unpaired) electrons. The Kier molecular flexibility index (Phi) is 5.78. The van der Waals surface area contributed by atoms with Crippen molar-refractivity contribution in [1.82, 2.24) is 15.1 Å². The molecule has 0 unspecified atom stereocenters. The Hall–Kier alpha value is -1.71. The summed E-state index contributed by atoms with van der Waals surface area (Å²) in [6.07, 6.45) is 14.8. The van der Waals surface area contributed by atoms with E-state index < -0.39 is 0 Å². The molecule has 4 heteroatoms. The van der Waals surface area contributed by atoms with Gasteiger partial charge in [-0.2, -0.15) is 4.98 Å². The smallest absolute Gasteiger partial charge is 0.229 e. The average Bonchev–Trinajstić information content (AvgIpc) is 3.05. The van der Waals surface area contributed by atoms with Crippen LogP contribution < -0.4 is 0 Å². The SMILES string of the molecule is CCCCC[C@H]1CC[C@H](c2nc(Cc3ccncc3)no2)CC1. The van der Waals surface area contributed by atoms with Gasteiger partial charge in [0, 0.05) is 24.7 Å². The summed E-state index contributed by atoms with van der Waals surface area (Å²) < 4.78 is 5.53. The van der Waals surface area contributed by atoms with Gasteiger partial charge in [0.1, 0.15) is 0 Å². The van der Waals surface area contributed by atoms with E-state index in [4.69, 9.17) is 4.52 Å². The maximum atomic E-state index is 5.53. The van der Waals surface area contributed by atoms with Gasteiger partial charge < -0.3 is 4.52 Å². The third-order valence-corrected chi connectivity index (χ3v) is 5.01. The highest BCUT2D eigenvalue weighted by atomic mass is 16.5. The summed E-state index contributed by atoms with van der Waals surface area (Å²) >= 11 is 0. The van der Waals surface area contributed by atoms with Crippen LogP contribution in [0.4, 0.5) is 0 Å². The van der Waals surface area contributed by atoms with Gasteiger partial charge in [-0.15, -0.1) is 0 Å². The van der Waals surface area contributed by atoms with Crippen LogP contribution in [0.2, 0.25) is 0 Å². The van der Waals surface area contributed by atoms with Crippen molar-refractivity contribution in [2.24, 2.45) is 5.92 Å². The highest BCUT2D eigenvalue weighted by molar-refractivity contribution is 5.15. The van der Waals surface area contributed by atoms with Gasteiger partial charge in [-0.05, 0) is 49.3 Å². The minimum absolute atomic E-state index is 0.469. The Morgan fingerprint density at radius 2 is 1.87 bits per heavy atom. The molecule has 2 heterocycles. The Bertz CT molecular complexity index is 573. The van der Waals surface area contributed by atoms with Crippen molar-refractivity contribution in [2.75, 3.05) is 0 Å². The molecule has 0 N–H and O–H groups in total. The zero-order valence-electron chi connectivity index (χ0n) is 14.1. The van der Waals surface area contributed by atoms with E-state index in [2.05, 4.69) is 22.0 Å².